The number of benzene rings is 1. The SMILES string of the molecule is CC=C(Cl)C(=CCNC(=O)Nc1ccc(-c2cn(S(=O)(=O)NCOCCOC)c3ccncc23)cc1)C(F)(F)F. The van der Waals surface area contributed by atoms with Crippen LogP contribution in [0.3, 0.4) is 0 Å². The molecule has 0 saturated carbocycles. The van der Waals surface area contributed by atoms with Gasteiger partial charge in [-0.2, -0.15) is 26.3 Å². The number of halogens is 4. The summed E-state index contributed by atoms with van der Waals surface area (Å²) in [6.45, 7) is 1.25. The van der Waals surface area contributed by atoms with E-state index in [1.165, 1.54) is 32.6 Å². The van der Waals surface area contributed by atoms with E-state index in [1.54, 1.807) is 30.3 Å². The maximum absolute atomic E-state index is 13.1. The van der Waals surface area contributed by atoms with Gasteiger partial charge in [0.2, 0.25) is 0 Å². The number of rotatable bonds is 12. The van der Waals surface area contributed by atoms with Crippen LogP contribution in [0.1, 0.15) is 6.92 Å². The second-order valence-electron chi connectivity index (χ2n) is 8.09. The van der Waals surface area contributed by atoms with Gasteiger partial charge in [-0.05, 0) is 30.7 Å². The van der Waals surface area contributed by atoms with E-state index >= 15 is 0 Å². The highest BCUT2D eigenvalue weighted by atomic mass is 35.5. The van der Waals surface area contributed by atoms with Crippen molar-refractivity contribution in [1.29, 1.82) is 0 Å². The number of hydrogen-bond acceptors (Lipinski definition) is 6. The third-order valence-corrected chi connectivity index (χ3v) is 7.17. The fourth-order valence-corrected chi connectivity index (χ4v) is 4.75. The van der Waals surface area contributed by atoms with Gasteiger partial charge in [-0.25, -0.2) is 8.77 Å². The molecular formula is C25H27ClF3N5O5S. The predicted molar refractivity (Wildman–Crippen MR) is 146 cm³/mol. The Balaban J connectivity index is 1.73. The van der Waals surface area contributed by atoms with Gasteiger partial charge >= 0.3 is 22.4 Å². The predicted octanol–water partition coefficient (Wildman–Crippen LogP) is 4.76. The summed E-state index contributed by atoms with van der Waals surface area (Å²) < 4.78 is 78.6. The van der Waals surface area contributed by atoms with Gasteiger partial charge in [-0.15, -0.1) is 0 Å². The number of carbonyl (C=O) groups is 1. The van der Waals surface area contributed by atoms with E-state index in [1.807, 2.05) is 0 Å². The lowest BCUT2D eigenvalue weighted by Gasteiger charge is -2.11. The number of urea groups is 1. The summed E-state index contributed by atoms with van der Waals surface area (Å²) in [7, 11) is -2.49. The monoisotopic (exact) mass is 601 g/mol. The molecule has 216 valence electrons. The van der Waals surface area contributed by atoms with Crippen LogP contribution in [-0.4, -0.2) is 63.2 Å². The number of nitrogens with one attached hydrogen (secondary N) is 3. The normalized spacial score (nSPS) is 13.1. The van der Waals surface area contributed by atoms with Crippen LogP contribution in [0.25, 0.3) is 22.0 Å². The maximum Gasteiger partial charge on any atom is 0.417 e. The molecule has 0 spiro atoms. The van der Waals surface area contributed by atoms with Gasteiger partial charge in [0.15, 0.2) is 0 Å². The standard InChI is InChI=1S/C25H27ClF3N5O5S/c1-3-22(26)21(25(27,28)29)8-11-31-24(35)33-18-6-4-17(5-7-18)20-15-34(23-9-10-30-14-19(20)23)40(36,37)32-16-39-13-12-38-2/h3-10,14-15,32H,11-13,16H2,1-2H3,(H2,31,33,35). The molecule has 0 aliphatic rings. The average molecular weight is 602 g/mol. The first kappa shape index (κ1) is 31.1. The Morgan fingerprint density at radius 1 is 1.18 bits per heavy atom. The van der Waals surface area contributed by atoms with Crippen LogP contribution in [0, 0.1) is 0 Å². The summed E-state index contributed by atoms with van der Waals surface area (Å²) in [5, 5.41) is 4.94. The van der Waals surface area contributed by atoms with Crippen molar-refractivity contribution in [2.75, 3.05) is 38.9 Å². The lowest BCUT2D eigenvalue weighted by molar-refractivity contribution is -0.0888. The van der Waals surface area contributed by atoms with Crippen molar-refractivity contribution in [3.8, 4) is 11.1 Å². The number of alkyl halides is 3. The number of carbonyl (C=O) groups excluding carboxylic acids is 1. The van der Waals surface area contributed by atoms with E-state index in [-0.39, 0.29) is 13.3 Å². The van der Waals surface area contributed by atoms with Crippen molar-refractivity contribution in [3.05, 3.63) is 71.7 Å². The Morgan fingerprint density at radius 3 is 2.55 bits per heavy atom. The van der Waals surface area contributed by atoms with Gasteiger partial charge in [-0.3, -0.25) is 4.98 Å². The number of methoxy groups -OCH3 is 1. The summed E-state index contributed by atoms with van der Waals surface area (Å²) in [4.78, 5) is 16.3. The molecule has 10 nitrogen and oxygen atoms in total. The molecule has 0 bridgehead atoms. The Morgan fingerprint density at radius 2 is 1.90 bits per heavy atom. The molecule has 0 fully saturated rings. The van der Waals surface area contributed by atoms with Crippen molar-refractivity contribution >= 4 is 44.4 Å². The number of fused-ring (bicyclic) bond motifs is 1. The quantitative estimate of drug-likeness (QED) is 0.156. The minimum Gasteiger partial charge on any atom is -0.382 e. The number of aromatic nitrogens is 2. The highest BCUT2D eigenvalue weighted by Crippen LogP contribution is 2.33. The number of allylic oxidation sites excluding steroid dienone is 3. The van der Waals surface area contributed by atoms with Crippen molar-refractivity contribution in [2.24, 2.45) is 0 Å². The summed E-state index contributed by atoms with van der Waals surface area (Å²) >= 11 is 5.62. The molecule has 0 saturated heterocycles. The number of ether oxygens (including phenoxy) is 2. The highest BCUT2D eigenvalue weighted by molar-refractivity contribution is 7.88. The topological polar surface area (TPSA) is 124 Å². The molecule has 2 aromatic heterocycles. The van der Waals surface area contributed by atoms with Crippen LogP contribution in [0.5, 0.6) is 0 Å². The van der Waals surface area contributed by atoms with Gasteiger partial charge < -0.3 is 20.1 Å². The zero-order chi connectivity index (χ0) is 29.3. The summed E-state index contributed by atoms with van der Waals surface area (Å²) in [6.07, 6.45) is 1.68. The average Bonchev–Trinajstić information content (AvgIpc) is 3.31. The van der Waals surface area contributed by atoms with E-state index in [2.05, 4.69) is 20.3 Å². The molecule has 15 heteroatoms. The zero-order valence-corrected chi connectivity index (χ0v) is 23.0. The van der Waals surface area contributed by atoms with Gasteiger partial charge in [0.1, 0.15) is 6.73 Å². The van der Waals surface area contributed by atoms with E-state index in [9.17, 15) is 26.4 Å². The third-order valence-electron chi connectivity index (χ3n) is 5.44. The molecule has 3 N–H and O–H groups in total. The van der Waals surface area contributed by atoms with Crippen molar-refractivity contribution in [3.63, 3.8) is 0 Å². The summed E-state index contributed by atoms with van der Waals surface area (Å²) in [5.41, 5.74) is 0.895. The maximum atomic E-state index is 13.1. The number of hydrogen-bond donors (Lipinski definition) is 3. The molecule has 1 aromatic carbocycles. The number of pyridine rings is 1. The van der Waals surface area contributed by atoms with E-state index in [0.717, 1.165) is 16.1 Å². The molecular weight excluding hydrogens is 575 g/mol. The number of nitrogens with zero attached hydrogens (tertiary/aromatic N) is 2. The molecule has 0 radical (unpaired) electrons. The van der Waals surface area contributed by atoms with Gasteiger partial charge in [0.05, 0.1) is 24.3 Å². The smallest absolute Gasteiger partial charge is 0.382 e. The molecule has 3 rings (SSSR count). The summed E-state index contributed by atoms with van der Waals surface area (Å²) in [6, 6.07) is 7.28. The first-order valence-corrected chi connectivity index (χ1v) is 13.6. The second kappa shape index (κ2) is 13.8. The molecule has 2 heterocycles. The first-order chi connectivity index (χ1) is 19.0. The molecule has 3 aromatic rings. The lowest BCUT2D eigenvalue weighted by Crippen LogP contribution is -2.31. The van der Waals surface area contributed by atoms with Crippen LogP contribution in [-0.2, 0) is 19.7 Å². The minimum absolute atomic E-state index is 0.217. The van der Waals surface area contributed by atoms with Gasteiger partial charge in [0, 0.05) is 53.9 Å². The van der Waals surface area contributed by atoms with Crippen molar-refractivity contribution in [1.82, 2.24) is 19.0 Å². The molecule has 0 aliphatic carbocycles. The molecule has 0 atom stereocenters. The van der Waals surface area contributed by atoms with Gasteiger partial charge in [0.25, 0.3) is 0 Å². The van der Waals surface area contributed by atoms with E-state index in [0.29, 0.717) is 34.3 Å². The fraction of sp³-hybridized carbons (Fsp3) is 0.280. The van der Waals surface area contributed by atoms with E-state index in [4.69, 9.17) is 21.1 Å². The second-order valence-corrected chi connectivity index (χ2v) is 10.1. The number of anilines is 1. The van der Waals surface area contributed by atoms with Crippen LogP contribution >= 0.6 is 11.6 Å². The van der Waals surface area contributed by atoms with E-state index < -0.39 is 39.6 Å². The Hall–Kier alpha value is -3.43. The minimum atomic E-state index is -4.66. The Labute approximate surface area is 234 Å². The number of amides is 2. The molecule has 0 unspecified atom stereocenters. The highest BCUT2D eigenvalue weighted by Gasteiger charge is 2.35. The largest absolute Gasteiger partial charge is 0.417 e. The van der Waals surface area contributed by atoms with Crippen LogP contribution in [0.15, 0.2) is 71.7 Å². The first-order valence-electron chi connectivity index (χ1n) is 11.7. The molecule has 0 aliphatic heterocycles. The lowest BCUT2D eigenvalue weighted by atomic mass is 10.1. The Bertz CT molecular complexity index is 1490. The summed E-state index contributed by atoms with van der Waals surface area (Å²) in [5.74, 6) is 0. The van der Waals surface area contributed by atoms with Crippen LogP contribution in [0.4, 0.5) is 23.7 Å². The van der Waals surface area contributed by atoms with Crippen LogP contribution < -0.4 is 15.4 Å². The van der Waals surface area contributed by atoms with Gasteiger partial charge in [-0.1, -0.05) is 35.9 Å². The fourth-order valence-electron chi connectivity index (χ4n) is 3.53. The van der Waals surface area contributed by atoms with Crippen LogP contribution in [0.2, 0.25) is 0 Å². The molecule has 40 heavy (non-hydrogen) atoms. The zero-order valence-electron chi connectivity index (χ0n) is 21.5. The Kier molecular flexibility index (Phi) is 10.7. The third kappa shape index (κ3) is 8.05. The molecule has 2 amide bonds. The van der Waals surface area contributed by atoms with Crippen molar-refractivity contribution in [2.45, 2.75) is 13.1 Å². The van der Waals surface area contributed by atoms with Crippen molar-refractivity contribution < 1.29 is 35.9 Å².